The largest absolute Gasteiger partial charge is 0.481 e. The van der Waals surface area contributed by atoms with Crippen molar-refractivity contribution in [3.05, 3.63) is 52.1 Å². The van der Waals surface area contributed by atoms with Crippen molar-refractivity contribution in [1.82, 2.24) is 0 Å². The van der Waals surface area contributed by atoms with Crippen LogP contribution in [0.25, 0.3) is 0 Å². The van der Waals surface area contributed by atoms with E-state index < -0.39 is 4.92 Å². The highest BCUT2D eigenvalue weighted by molar-refractivity contribution is 5.96. The van der Waals surface area contributed by atoms with E-state index in [1.807, 2.05) is 18.2 Å². The molecule has 28 heavy (non-hydrogen) atoms. The molecule has 0 unspecified atom stereocenters. The molecule has 1 amide bonds. The number of ether oxygens (including phenoxy) is 1. The summed E-state index contributed by atoms with van der Waals surface area (Å²) in [6.45, 7) is 2.36. The first-order chi connectivity index (χ1) is 13.6. The molecular formula is C20H22N4O4. The van der Waals surface area contributed by atoms with Crippen molar-refractivity contribution in [2.24, 2.45) is 0 Å². The van der Waals surface area contributed by atoms with E-state index in [0.717, 1.165) is 24.3 Å². The number of nitro benzene ring substituents is 1. The lowest BCUT2D eigenvalue weighted by Gasteiger charge is -2.30. The van der Waals surface area contributed by atoms with Crippen LogP contribution in [0.5, 0.6) is 5.75 Å². The Morgan fingerprint density at radius 3 is 2.75 bits per heavy atom. The number of hydrogen-bond donors (Lipinski definition) is 2. The molecule has 1 saturated heterocycles. The van der Waals surface area contributed by atoms with Gasteiger partial charge in [-0.25, -0.2) is 0 Å². The van der Waals surface area contributed by atoms with Gasteiger partial charge in [0.15, 0.2) is 12.4 Å². The average molecular weight is 382 g/mol. The first-order valence-corrected chi connectivity index (χ1v) is 9.43. The molecule has 0 aromatic heterocycles. The molecule has 0 atom stereocenters. The Balaban J connectivity index is 1.59. The highest BCUT2D eigenvalue weighted by Crippen LogP contribution is 2.38. The number of fused-ring (bicyclic) bond motifs is 1. The summed E-state index contributed by atoms with van der Waals surface area (Å²) < 4.78 is 5.29. The third-order valence-electron chi connectivity index (χ3n) is 5.09. The zero-order valence-corrected chi connectivity index (χ0v) is 15.4. The van der Waals surface area contributed by atoms with Crippen LogP contribution in [0.15, 0.2) is 36.4 Å². The van der Waals surface area contributed by atoms with Crippen LogP contribution < -0.4 is 20.3 Å². The van der Waals surface area contributed by atoms with Gasteiger partial charge in [0.25, 0.3) is 11.6 Å². The molecule has 8 nitrogen and oxygen atoms in total. The maximum atomic E-state index is 11.6. The molecule has 4 rings (SSSR count). The Labute approximate surface area is 162 Å². The van der Waals surface area contributed by atoms with Crippen molar-refractivity contribution < 1.29 is 14.5 Å². The van der Waals surface area contributed by atoms with Crippen molar-refractivity contribution in [1.29, 1.82) is 0 Å². The molecule has 2 aromatic rings. The molecule has 8 heteroatoms. The molecule has 0 saturated carbocycles. The normalized spacial score (nSPS) is 16.0. The topological polar surface area (TPSA) is 96.7 Å². The van der Waals surface area contributed by atoms with Gasteiger partial charge in [0.2, 0.25) is 0 Å². The smallest absolute Gasteiger partial charge is 0.296 e. The minimum atomic E-state index is -0.445. The zero-order valence-electron chi connectivity index (χ0n) is 15.4. The van der Waals surface area contributed by atoms with E-state index in [-0.39, 0.29) is 18.2 Å². The van der Waals surface area contributed by atoms with E-state index in [0.29, 0.717) is 23.7 Å². The number of hydrogen-bond acceptors (Lipinski definition) is 6. The molecule has 2 heterocycles. The van der Waals surface area contributed by atoms with Gasteiger partial charge in [0.05, 0.1) is 16.7 Å². The summed E-state index contributed by atoms with van der Waals surface area (Å²) in [7, 11) is 0. The van der Waals surface area contributed by atoms with E-state index in [9.17, 15) is 14.9 Å². The van der Waals surface area contributed by atoms with E-state index in [2.05, 4.69) is 21.6 Å². The fraction of sp³-hybridized carbons (Fsp3) is 0.350. The van der Waals surface area contributed by atoms with E-state index in [1.165, 1.54) is 25.3 Å². The van der Waals surface area contributed by atoms with E-state index >= 15 is 0 Å². The Bertz CT molecular complexity index is 909. The minimum Gasteiger partial charge on any atom is -0.481 e. The molecule has 2 aromatic carbocycles. The lowest BCUT2D eigenvalue weighted by molar-refractivity contribution is -0.384. The molecule has 0 aliphatic carbocycles. The van der Waals surface area contributed by atoms with Gasteiger partial charge in [0, 0.05) is 25.3 Å². The second-order valence-corrected chi connectivity index (χ2v) is 6.99. The summed E-state index contributed by atoms with van der Waals surface area (Å²) in [5.41, 5.74) is 2.95. The Morgan fingerprint density at radius 1 is 1.18 bits per heavy atom. The number of carbonyl (C=O) groups excluding carboxylic acids is 1. The second-order valence-electron chi connectivity index (χ2n) is 6.99. The van der Waals surface area contributed by atoms with E-state index in [4.69, 9.17) is 4.74 Å². The van der Waals surface area contributed by atoms with Crippen LogP contribution in [0.4, 0.5) is 22.7 Å². The minimum absolute atomic E-state index is 0.0784. The summed E-state index contributed by atoms with van der Waals surface area (Å²) in [6, 6.07) is 11.0. The number of nitro groups is 1. The standard InChI is InChI=1S/C20H22N4O4/c25-20-13-28-19-11-18(24(26)27)15(10-16(19)22-20)21-12-14-6-2-3-7-17(14)23-8-4-1-5-9-23/h2-3,6-7,10-11,21H,1,4-5,8-9,12-13H2,(H,22,25). The summed E-state index contributed by atoms with van der Waals surface area (Å²) in [5, 5.41) is 17.4. The van der Waals surface area contributed by atoms with Crippen LogP contribution in [-0.2, 0) is 11.3 Å². The van der Waals surface area contributed by atoms with Gasteiger partial charge < -0.3 is 20.3 Å². The third kappa shape index (κ3) is 3.71. The maximum absolute atomic E-state index is 11.6. The number of carbonyl (C=O) groups is 1. The van der Waals surface area contributed by atoms with Crippen LogP contribution in [0.1, 0.15) is 24.8 Å². The van der Waals surface area contributed by atoms with Crippen molar-refractivity contribution in [2.45, 2.75) is 25.8 Å². The lowest BCUT2D eigenvalue weighted by Crippen LogP contribution is -2.30. The van der Waals surface area contributed by atoms with Gasteiger partial charge >= 0.3 is 0 Å². The van der Waals surface area contributed by atoms with Gasteiger partial charge in [-0.3, -0.25) is 14.9 Å². The monoisotopic (exact) mass is 382 g/mol. The molecule has 2 aliphatic heterocycles. The van der Waals surface area contributed by atoms with Gasteiger partial charge in [0.1, 0.15) is 5.69 Å². The Hall–Kier alpha value is -3.29. The predicted octanol–water partition coefficient (Wildman–Crippen LogP) is 3.53. The highest BCUT2D eigenvalue weighted by Gasteiger charge is 2.24. The summed E-state index contributed by atoms with van der Waals surface area (Å²) in [4.78, 5) is 25.0. The number of rotatable bonds is 5. The number of para-hydroxylation sites is 1. The van der Waals surface area contributed by atoms with Gasteiger partial charge in [-0.1, -0.05) is 18.2 Å². The summed E-state index contributed by atoms with van der Waals surface area (Å²) >= 11 is 0. The number of amides is 1. The molecule has 0 radical (unpaired) electrons. The Kier molecular flexibility index (Phi) is 5.01. The molecular weight excluding hydrogens is 360 g/mol. The SMILES string of the molecule is O=C1COc2cc([N+](=O)[O-])c(NCc3ccccc3N3CCCCC3)cc2N1. The number of anilines is 3. The van der Waals surface area contributed by atoms with Crippen molar-refractivity contribution in [3.8, 4) is 5.75 Å². The fourth-order valence-corrected chi connectivity index (χ4v) is 3.70. The quantitative estimate of drug-likeness (QED) is 0.607. The molecule has 2 N–H and O–H groups in total. The molecule has 2 aliphatic rings. The van der Waals surface area contributed by atoms with Crippen LogP contribution in [0, 0.1) is 10.1 Å². The molecule has 0 bridgehead atoms. The molecule has 146 valence electrons. The van der Waals surface area contributed by atoms with Gasteiger partial charge in [-0.2, -0.15) is 0 Å². The number of benzene rings is 2. The average Bonchev–Trinajstić information content (AvgIpc) is 2.72. The number of nitrogens with zero attached hydrogens (tertiary/aromatic N) is 2. The summed E-state index contributed by atoms with van der Waals surface area (Å²) in [6.07, 6.45) is 3.61. The van der Waals surface area contributed by atoms with Crippen LogP contribution >= 0.6 is 0 Å². The van der Waals surface area contributed by atoms with Crippen molar-refractivity contribution in [3.63, 3.8) is 0 Å². The fourth-order valence-electron chi connectivity index (χ4n) is 3.70. The highest BCUT2D eigenvalue weighted by atomic mass is 16.6. The van der Waals surface area contributed by atoms with Gasteiger partial charge in [-0.15, -0.1) is 0 Å². The zero-order chi connectivity index (χ0) is 19.5. The molecule has 1 fully saturated rings. The first-order valence-electron chi connectivity index (χ1n) is 9.43. The van der Waals surface area contributed by atoms with Crippen molar-refractivity contribution >= 4 is 28.7 Å². The second kappa shape index (κ2) is 7.75. The molecule has 0 spiro atoms. The Morgan fingerprint density at radius 2 is 1.96 bits per heavy atom. The number of nitrogens with one attached hydrogen (secondary N) is 2. The van der Waals surface area contributed by atoms with Gasteiger partial charge in [-0.05, 0) is 37.0 Å². The maximum Gasteiger partial charge on any atom is 0.296 e. The number of piperidine rings is 1. The predicted molar refractivity (Wildman–Crippen MR) is 107 cm³/mol. The summed E-state index contributed by atoms with van der Waals surface area (Å²) in [5.74, 6) is 0.0355. The van der Waals surface area contributed by atoms with Crippen LogP contribution in [0.3, 0.4) is 0 Å². The van der Waals surface area contributed by atoms with E-state index in [1.54, 1.807) is 6.07 Å². The van der Waals surface area contributed by atoms with Crippen molar-refractivity contribution in [2.75, 3.05) is 35.2 Å². The lowest BCUT2D eigenvalue weighted by atomic mass is 10.1. The van der Waals surface area contributed by atoms with Crippen LogP contribution in [0.2, 0.25) is 0 Å². The third-order valence-corrected chi connectivity index (χ3v) is 5.09. The van der Waals surface area contributed by atoms with Crippen LogP contribution in [-0.4, -0.2) is 30.5 Å². The first kappa shape index (κ1) is 18.1.